The smallest absolute Gasteiger partial charge is 0.321 e. The maximum Gasteiger partial charge on any atom is 0.321 e. The van der Waals surface area contributed by atoms with Crippen molar-refractivity contribution in [1.82, 2.24) is 4.31 Å². The van der Waals surface area contributed by atoms with E-state index in [2.05, 4.69) is 4.74 Å². The van der Waals surface area contributed by atoms with E-state index >= 15 is 0 Å². The number of ether oxygens (including phenoxy) is 1. The van der Waals surface area contributed by atoms with E-state index < -0.39 is 34.4 Å². The molecule has 0 fully saturated rings. The molecule has 0 N–H and O–H groups in total. The normalized spacial score (nSPS) is 11.9. The molecule has 0 aliphatic rings. The molecular weight excluding hydrogens is 285 g/mol. The highest BCUT2D eigenvalue weighted by molar-refractivity contribution is 7.89. The number of carbonyl (C=O) groups is 1. The zero-order valence-corrected chi connectivity index (χ0v) is 12.7. The fraction of sp³-hybridized carbons (Fsp3) is 0.462. The topological polar surface area (TPSA) is 63.7 Å². The van der Waals surface area contributed by atoms with Crippen LogP contribution < -0.4 is 0 Å². The van der Waals surface area contributed by atoms with Gasteiger partial charge in [-0.2, -0.15) is 4.31 Å². The molecule has 0 aliphatic carbocycles. The van der Waals surface area contributed by atoms with Crippen LogP contribution in [-0.2, 0) is 19.6 Å². The molecule has 0 saturated heterocycles. The highest BCUT2D eigenvalue weighted by atomic mass is 32.2. The average Bonchev–Trinajstić information content (AvgIpc) is 2.37. The standard InChI is InChI=1S/C13H18FNO4S/c1-9(2)15(8-13(16)19-4)20(17,18)11-6-5-10(3)12(14)7-11/h5-7,9H,8H2,1-4H3. The van der Waals surface area contributed by atoms with Gasteiger partial charge in [0.05, 0.1) is 12.0 Å². The molecule has 0 aliphatic heterocycles. The minimum Gasteiger partial charge on any atom is -0.468 e. The van der Waals surface area contributed by atoms with E-state index in [4.69, 9.17) is 0 Å². The molecule has 0 radical (unpaired) electrons. The highest BCUT2D eigenvalue weighted by Gasteiger charge is 2.29. The van der Waals surface area contributed by atoms with Gasteiger partial charge in [-0.15, -0.1) is 0 Å². The molecule has 1 aromatic carbocycles. The first-order valence-electron chi connectivity index (χ1n) is 6.05. The van der Waals surface area contributed by atoms with Crippen LogP contribution in [0.4, 0.5) is 4.39 Å². The van der Waals surface area contributed by atoms with E-state index in [-0.39, 0.29) is 4.90 Å². The van der Waals surface area contributed by atoms with Gasteiger partial charge in [0.25, 0.3) is 0 Å². The number of rotatable bonds is 5. The van der Waals surface area contributed by atoms with Crippen LogP contribution in [0.15, 0.2) is 23.1 Å². The van der Waals surface area contributed by atoms with E-state index in [9.17, 15) is 17.6 Å². The first kappa shape index (κ1) is 16.6. The lowest BCUT2D eigenvalue weighted by Gasteiger charge is -2.24. The molecular formula is C13H18FNO4S. The Bertz CT molecular complexity index is 598. The van der Waals surface area contributed by atoms with Crippen molar-refractivity contribution in [3.05, 3.63) is 29.6 Å². The molecule has 0 unspecified atom stereocenters. The third kappa shape index (κ3) is 3.55. The lowest BCUT2D eigenvalue weighted by Crippen LogP contribution is -2.41. The van der Waals surface area contributed by atoms with Crippen LogP contribution in [0, 0.1) is 12.7 Å². The molecule has 7 heteroatoms. The first-order chi connectivity index (χ1) is 9.20. The van der Waals surface area contributed by atoms with Crippen LogP contribution in [-0.4, -0.2) is 38.4 Å². The van der Waals surface area contributed by atoms with Crippen molar-refractivity contribution < 1.29 is 22.3 Å². The molecule has 0 bridgehead atoms. The van der Waals surface area contributed by atoms with Crippen molar-refractivity contribution in [2.24, 2.45) is 0 Å². The van der Waals surface area contributed by atoms with Crippen molar-refractivity contribution in [2.75, 3.05) is 13.7 Å². The minimum atomic E-state index is -3.95. The zero-order chi connectivity index (χ0) is 15.5. The predicted molar refractivity (Wildman–Crippen MR) is 72.2 cm³/mol. The van der Waals surface area contributed by atoms with E-state index in [1.807, 2.05) is 0 Å². The summed E-state index contributed by atoms with van der Waals surface area (Å²) in [5.41, 5.74) is 0.355. The number of hydrogen-bond donors (Lipinski definition) is 0. The van der Waals surface area contributed by atoms with Gasteiger partial charge >= 0.3 is 5.97 Å². The molecule has 0 heterocycles. The first-order valence-corrected chi connectivity index (χ1v) is 7.49. The van der Waals surface area contributed by atoms with Crippen LogP contribution in [0.3, 0.4) is 0 Å². The molecule has 1 rings (SSSR count). The Hall–Kier alpha value is -1.47. The summed E-state index contributed by atoms with van der Waals surface area (Å²) < 4.78 is 43.9. The second kappa shape index (κ2) is 6.32. The van der Waals surface area contributed by atoms with Gasteiger partial charge < -0.3 is 4.74 Å². The molecule has 5 nitrogen and oxygen atoms in total. The van der Waals surface area contributed by atoms with E-state index in [0.29, 0.717) is 5.56 Å². The molecule has 0 spiro atoms. The summed E-state index contributed by atoms with van der Waals surface area (Å²) in [5.74, 6) is -1.28. The largest absolute Gasteiger partial charge is 0.468 e. The second-order valence-electron chi connectivity index (χ2n) is 4.63. The third-order valence-corrected chi connectivity index (χ3v) is 4.86. The van der Waals surface area contributed by atoms with Crippen molar-refractivity contribution in [1.29, 1.82) is 0 Å². The highest BCUT2D eigenvalue weighted by Crippen LogP contribution is 2.20. The fourth-order valence-electron chi connectivity index (χ4n) is 1.61. The Morgan fingerprint density at radius 2 is 2.00 bits per heavy atom. The van der Waals surface area contributed by atoms with Gasteiger partial charge in [-0.25, -0.2) is 12.8 Å². The number of halogens is 1. The van der Waals surface area contributed by atoms with Gasteiger partial charge in [-0.1, -0.05) is 6.07 Å². The van der Waals surface area contributed by atoms with Gasteiger partial charge in [0.15, 0.2) is 0 Å². The number of methoxy groups -OCH3 is 1. The van der Waals surface area contributed by atoms with Crippen LogP contribution in [0.25, 0.3) is 0 Å². The van der Waals surface area contributed by atoms with Crippen molar-refractivity contribution in [3.63, 3.8) is 0 Å². The Balaban J connectivity index is 3.22. The lowest BCUT2D eigenvalue weighted by molar-refractivity contribution is -0.141. The summed E-state index contributed by atoms with van der Waals surface area (Å²) in [6, 6.07) is 3.21. The van der Waals surface area contributed by atoms with E-state index in [0.717, 1.165) is 10.4 Å². The maximum absolute atomic E-state index is 13.5. The van der Waals surface area contributed by atoms with Gasteiger partial charge in [-0.05, 0) is 38.5 Å². The van der Waals surface area contributed by atoms with Crippen molar-refractivity contribution in [2.45, 2.75) is 31.7 Å². The number of hydrogen-bond acceptors (Lipinski definition) is 4. The van der Waals surface area contributed by atoms with Gasteiger partial charge in [0, 0.05) is 6.04 Å². The van der Waals surface area contributed by atoms with Crippen LogP contribution in [0.5, 0.6) is 0 Å². The number of aryl methyl sites for hydroxylation is 1. The number of nitrogens with zero attached hydrogens (tertiary/aromatic N) is 1. The predicted octanol–water partition coefficient (Wildman–Crippen LogP) is 1.71. The van der Waals surface area contributed by atoms with Crippen LogP contribution >= 0.6 is 0 Å². The Kier molecular flexibility index (Phi) is 5.24. The van der Waals surface area contributed by atoms with Crippen molar-refractivity contribution >= 4 is 16.0 Å². The molecule has 1 aromatic rings. The fourth-order valence-corrected chi connectivity index (χ4v) is 3.20. The minimum absolute atomic E-state index is 0.182. The quantitative estimate of drug-likeness (QED) is 0.777. The molecule has 0 saturated carbocycles. The number of esters is 1. The molecule has 0 aromatic heterocycles. The monoisotopic (exact) mass is 303 g/mol. The maximum atomic E-state index is 13.5. The Morgan fingerprint density at radius 3 is 2.45 bits per heavy atom. The summed E-state index contributed by atoms with van der Waals surface area (Å²) >= 11 is 0. The van der Waals surface area contributed by atoms with Crippen molar-refractivity contribution in [3.8, 4) is 0 Å². The molecule has 0 atom stereocenters. The third-order valence-electron chi connectivity index (χ3n) is 2.84. The van der Waals surface area contributed by atoms with E-state index in [1.165, 1.54) is 19.2 Å². The van der Waals surface area contributed by atoms with Crippen LogP contribution in [0.2, 0.25) is 0 Å². The van der Waals surface area contributed by atoms with E-state index in [1.54, 1.807) is 20.8 Å². The SMILES string of the molecule is COC(=O)CN(C(C)C)S(=O)(=O)c1ccc(C)c(F)c1. The summed E-state index contributed by atoms with van der Waals surface area (Å²) in [4.78, 5) is 11.1. The Labute approximate surface area is 118 Å². The molecule has 112 valence electrons. The zero-order valence-electron chi connectivity index (χ0n) is 11.9. The second-order valence-corrected chi connectivity index (χ2v) is 6.52. The summed E-state index contributed by atoms with van der Waals surface area (Å²) in [6.45, 7) is 4.39. The number of sulfonamides is 1. The van der Waals surface area contributed by atoms with Gasteiger partial charge in [0.2, 0.25) is 10.0 Å². The van der Waals surface area contributed by atoms with Gasteiger partial charge in [0.1, 0.15) is 12.4 Å². The number of benzene rings is 1. The molecule has 0 amide bonds. The summed E-state index contributed by atoms with van der Waals surface area (Å²) in [6.07, 6.45) is 0. The number of carbonyl (C=O) groups excluding carboxylic acids is 1. The van der Waals surface area contributed by atoms with Gasteiger partial charge in [-0.3, -0.25) is 4.79 Å². The lowest BCUT2D eigenvalue weighted by atomic mass is 10.2. The summed E-state index contributed by atoms with van der Waals surface area (Å²) in [7, 11) is -2.77. The Morgan fingerprint density at radius 1 is 1.40 bits per heavy atom. The average molecular weight is 303 g/mol. The molecule has 20 heavy (non-hydrogen) atoms. The van der Waals surface area contributed by atoms with Crippen LogP contribution in [0.1, 0.15) is 19.4 Å². The summed E-state index contributed by atoms with van der Waals surface area (Å²) in [5, 5.41) is 0.